The van der Waals surface area contributed by atoms with Crippen LogP contribution in [0.25, 0.3) is 0 Å². The average Bonchev–Trinajstić information content (AvgIpc) is 2.91. The van der Waals surface area contributed by atoms with E-state index < -0.39 is 27.6 Å². The fourth-order valence-corrected chi connectivity index (χ4v) is 4.04. The van der Waals surface area contributed by atoms with Gasteiger partial charge in [0.2, 0.25) is 16.0 Å². The molecule has 0 bridgehead atoms. The summed E-state index contributed by atoms with van der Waals surface area (Å²) in [7, 11) is -2.40. The van der Waals surface area contributed by atoms with Gasteiger partial charge in [-0.05, 0) is 30.3 Å². The highest BCUT2D eigenvalue weighted by Gasteiger charge is 2.37. The highest BCUT2D eigenvalue weighted by atomic mass is 32.2. The van der Waals surface area contributed by atoms with Crippen LogP contribution in [-0.4, -0.2) is 41.7 Å². The highest BCUT2D eigenvalue weighted by Crippen LogP contribution is 2.39. The summed E-state index contributed by atoms with van der Waals surface area (Å²) in [4.78, 5) is 17.5. The first-order chi connectivity index (χ1) is 18.5. The van der Waals surface area contributed by atoms with Gasteiger partial charge in [-0.15, -0.1) is 0 Å². The molecule has 0 aliphatic carbocycles. The van der Waals surface area contributed by atoms with E-state index >= 15 is 0 Å². The number of pyridine rings is 2. The molecule has 0 fully saturated rings. The van der Waals surface area contributed by atoms with Gasteiger partial charge in [0.05, 0.1) is 24.7 Å². The molecule has 0 saturated heterocycles. The van der Waals surface area contributed by atoms with Crippen LogP contribution < -0.4 is 14.5 Å². The second-order valence-electron chi connectivity index (χ2n) is 8.24. The summed E-state index contributed by atoms with van der Waals surface area (Å²) in [5, 5.41) is 11.7. The number of nitriles is 1. The number of rotatable bonds is 8. The summed E-state index contributed by atoms with van der Waals surface area (Å²) in [6.07, 6.45) is -0.408. The molecule has 200 valence electrons. The van der Waals surface area contributed by atoms with Crippen LogP contribution in [0, 0.1) is 11.3 Å². The van der Waals surface area contributed by atoms with Gasteiger partial charge >= 0.3 is 6.18 Å². The van der Waals surface area contributed by atoms with Gasteiger partial charge in [-0.25, -0.2) is 23.4 Å². The number of anilines is 5. The fraction of sp³-hybridized carbons (Fsp3) is 0.160. The molecule has 0 aliphatic heterocycles. The molecule has 0 aliphatic rings. The Morgan fingerprint density at radius 3 is 2.33 bits per heavy atom. The summed E-state index contributed by atoms with van der Waals surface area (Å²) in [5.41, 5.74) is 0.125. The maximum atomic E-state index is 14.2. The van der Waals surface area contributed by atoms with Crippen LogP contribution >= 0.6 is 0 Å². The maximum absolute atomic E-state index is 14.2. The zero-order chi connectivity index (χ0) is 28.2. The minimum atomic E-state index is -4.81. The van der Waals surface area contributed by atoms with Gasteiger partial charge in [-0.2, -0.15) is 23.4 Å². The molecule has 0 radical (unpaired) electrons. The first-order valence-electron chi connectivity index (χ1n) is 11.2. The zero-order valence-electron chi connectivity index (χ0n) is 20.6. The minimum Gasteiger partial charge on any atom is -0.323 e. The van der Waals surface area contributed by atoms with Gasteiger partial charge in [-0.3, -0.25) is 4.31 Å². The van der Waals surface area contributed by atoms with Crippen molar-refractivity contribution in [3.8, 4) is 6.07 Å². The first-order valence-corrected chi connectivity index (χ1v) is 13.1. The quantitative estimate of drug-likeness (QED) is 0.331. The molecule has 0 amide bonds. The smallest absolute Gasteiger partial charge is 0.323 e. The van der Waals surface area contributed by atoms with E-state index in [9.17, 15) is 21.6 Å². The first kappa shape index (κ1) is 27.3. The lowest BCUT2D eigenvalue weighted by molar-refractivity contribution is -0.137. The molecule has 4 rings (SSSR count). The third-order valence-electron chi connectivity index (χ3n) is 5.52. The number of aromatic nitrogens is 4. The van der Waals surface area contributed by atoms with E-state index in [1.165, 1.54) is 36.5 Å². The van der Waals surface area contributed by atoms with Crippen LogP contribution in [0.15, 0.2) is 73.2 Å². The summed E-state index contributed by atoms with van der Waals surface area (Å²) in [5.74, 6) is -0.555. The summed E-state index contributed by atoms with van der Waals surface area (Å²) >= 11 is 0. The van der Waals surface area contributed by atoms with E-state index in [0.29, 0.717) is 23.1 Å². The van der Waals surface area contributed by atoms with Crippen molar-refractivity contribution in [3.63, 3.8) is 0 Å². The van der Waals surface area contributed by atoms with Crippen LogP contribution in [0.2, 0.25) is 0 Å². The molecule has 3 aromatic heterocycles. The molecule has 0 atom stereocenters. The van der Waals surface area contributed by atoms with Gasteiger partial charge < -0.3 is 10.2 Å². The number of hydrogen-bond donors (Lipinski definition) is 1. The monoisotopic (exact) mass is 554 g/mol. The molecular weight excluding hydrogens is 533 g/mol. The second-order valence-corrected chi connectivity index (χ2v) is 10.2. The van der Waals surface area contributed by atoms with Crippen LogP contribution in [0.5, 0.6) is 0 Å². The number of benzene rings is 1. The number of sulfonamides is 1. The van der Waals surface area contributed by atoms with E-state index in [1.807, 2.05) is 6.07 Å². The van der Waals surface area contributed by atoms with Crippen LogP contribution in [0.4, 0.5) is 42.1 Å². The maximum Gasteiger partial charge on any atom is 0.421 e. The van der Waals surface area contributed by atoms with Gasteiger partial charge in [-0.1, -0.05) is 24.3 Å². The molecule has 0 unspecified atom stereocenters. The average molecular weight is 555 g/mol. The lowest BCUT2D eigenvalue weighted by atomic mass is 10.1. The standard InChI is InChI=1S/C25H21F3N8O2S/c1-35(39(2,37)38)22-17(7-6-12-30-22)16-36(20-8-4-3-5-9-20)23-21(25(26,27)28)15-32-24(34-23)33-19-11-10-18(13-29)31-14-19/h3-12,14-15H,16H2,1-2H3,(H,32,33,34). The van der Waals surface area contributed by atoms with E-state index in [0.717, 1.165) is 10.6 Å². The zero-order valence-corrected chi connectivity index (χ0v) is 21.4. The lowest BCUT2D eigenvalue weighted by Gasteiger charge is -2.28. The van der Waals surface area contributed by atoms with Gasteiger partial charge in [0, 0.05) is 30.7 Å². The van der Waals surface area contributed by atoms with Crippen molar-refractivity contribution in [1.29, 1.82) is 5.26 Å². The third kappa shape index (κ3) is 6.39. The van der Waals surface area contributed by atoms with Crippen molar-refractivity contribution in [2.75, 3.05) is 27.8 Å². The van der Waals surface area contributed by atoms with E-state index in [1.54, 1.807) is 42.5 Å². The van der Waals surface area contributed by atoms with Gasteiger partial charge in [0.15, 0.2) is 5.82 Å². The van der Waals surface area contributed by atoms with Crippen molar-refractivity contribution in [1.82, 2.24) is 19.9 Å². The topological polar surface area (TPSA) is 128 Å². The van der Waals surface area contributed by atoms with Crippen molar-refractivity contribution >= 4 is 39.0 Å². The molecule has 0 spiro atoms. The predicted molar refractivity (Wildman–Crippen MR) is 139 cm³/mol. The number of nitrogens with one attached hydrogen (secondary N) is 1. The number of alkyl halides is 3. The largest absolute Gasteiger partial charge is 0.421 e. The number of nitrogens with zero attached hydrogens (tertiary/aromatic N) is 7. The fourth-order valence-electron chi connectivity index (χ4n) is 3.56. The van der Waals surface area contributed by atoms with Crippen LogP contribution in [0.3, 0.4) is 0 Å². The normalized spacial score (nSPS) is 11.5. The van der Waals surface area contributed by atoms with Crippen LogP contribution in [0.1, 0.15) is 16.8 Å². The lowest BCUT2D eigenvalue weighted by Crippen LogP contribution is -2.29. The molecule has 0 saturated carbocycles. The van der Waals surface area contributed by atoms with E-state index in [2.05, 4.69) is 25.3 Å². The second kappa shape index (κ2) is 10.9. The summed E-state index contributed by atoms with van der Waals surface area (Å²) in [6.45, 7) is -0.203. The molecule has 14 heteroatoms. The van der Waals surface area contributed by atoms with E-state index in [-0.39, 0.29) is 24.0 Å². The predicted octanol–water partition coefficient (Wildman–Crippen LogP) is 4.63. The number of halogens is 3. The molecule has 4 aromatic rings. The Balaban J connectivity index is 1.85. The Labute approximate surface area is 222 Å². The Hall–Kier alpha value is -4.77. The van der Waals surface area contributed by atoms with Crippen molar-refractivity contribution in [2.24, 2.45) is 0 Å². The third-order valence-corrected chi connectivity index (χ3v) is 6.69. The highest BCUT2D eigenvalue weighted by molar-refractivity contribution is 7.92. The Morgan fingerprint density at radius 2 is 1.72 bits per heavy atom. The molecule has 10 nitrogen and oxygen atoms in total. The van der Waals surface area contributed by atoms with Crippen molar-refractivity contribution in [2.45, 2.75) is 12.7 Å². The SMILES string of the molecule is CN(c1ncccc1CN(c1ccccc1)c1nc(Nc2ccc(C#N)nc2)ncc1C(F)(F)F)S(C)(=O)=O. The molecule has 1 N–H and O–H groups in total. The van der Waals surface area contributed by atoms with Crippen molar-refractivity contribution < 1.29 is 21.6 Å². The summed E-state index contributed by atoms with van der Waals surface area (Å²) < 4.78 is 68.0. The summed E-state index contributed by atoms with van der Waals surface area (Å²) in [6, 6.07) is 16.2. The molecule has 1 aromatic carbocycles. The van der Waals surface area contributed by atoms with Crippen molar-refractivity contribution in [3.05, 3.63) is 90.0 Å². The minimum absolute atomic E-state index is 0.0607. The van der Waals surface area contributed by atoms with Gasteiger partial charge in [0.25, 0.3) is 0 Å². The van der Waals surface area contributed by atoms with Gasteiger partial charge in [0.1, 0.15) is 23.1 Å². The molecular formula is C25H21F3N8O2S. The Morgan fingerprint density at radius 1 is 0.974 bits per heavy atom. The molecule has 3 heterocycles. The number of hydrogen-bond acceptors (Lipinski definition) is 9. The Bertz CT molecular complexity index is 1610. The number of para-hydroxylation sites is 1. The van der Waals surface area contributed by atoms with E-state index in [4.69, 9.17) is 5.26 Å². The van der Waals surface area contributed by atoms with Crippen LogP contribution in [-0.2, 0) is 22.7 Å². The Kier molecular flexibility index (Phi) is 7.63. The molecule has 39 heavy (non-hydrogen) atoms.